The van der Waals surface area contributed by atoms with Crippen LogP contribution >= 0.6 is 10.0 Å². The van der Waals surface area contributed by atoms with Crippen molar-refractivity contribution < 1.29 is 19.0 Å². The minimum atomic E-state index is -0.904. The van der Waals surface area contributed by atoms with Crippen molar-refractivity contribution in [2.75, 3.05) is 25.9 Å². The van der Waals surface area contributed by atoms with Crippen molar-refractivity contribution in [2.24, 2.45) is 5.41 Å². The van der Waals surface area contributed by atoms with Crippen LogP contribution in [0.5, 0.6) is 5.75 Å². The second kappa shape index (κ2) is 14.4. The van der Waals surface area contributed by atoms with E-state index in [1.54, 1.807) is 7.11 Å². The van der Waals surface area contributed by atoms with Crippen molar-refractivity contribution in [3.8, 4) is 16.9 Å². The Hall–Kier alpha value is -3.20. The van der Waals surface area contributed by atoms with Crippen LogP contribution in [0.3, 0.4) is 0 Å². The minimum Gasteiger partial charge on any atom is -0.497 e. The highest BCUT2D eigenvalue weighted by Crippen LogP contribution is 2.41. The average molecular weight is 561 g/mol. The molecule has 1 atom stereocenters. The van der Waals surface area contributed by atoms with E-state index in [-0.39, 0.29) is 18.5 Å². The molecule has 0 bridgehead atoms. The predicted octanol–water partition coefficient (Wildman–Crippen LogP) is 8.01. The van der Waals surface area contributed by atoms with Crippen LogP contribution in [0.25, 0.3) is 0 Å². The van der Waals surface area contributed by atoms with Crippen molar-refractivity contribution in [2.45, 2.75) is 59.4 Å². The fraction of sp³-hybridized carbons (Fsp3) is 0.400. The van der Waals surface area contributed by atoms with Gasteiger partial charge in [-0.15, -0.1) is 0 Å². The number of hydrogen-bond acceptors (Lipinski definition) is 4. The summed E-state index contributed by atoms with van der Waals surface area (Å²) in [7, 11) is 0.760. The van der Waals surface area contributed by atoms with E-state index in [9.17, 15) is 4.79 Å². The standard InChI is InChI=1S/C35H44O4S/c1-27-16-19-30(23-31(27)26-38-24-29-17-20-32(37-4)21-18-29)33(15-11-12-22-40(5,6)7)35(2,3)34(36)39-25-28-13-9-8-10-14-28/h8-10,13-14,16-21,23,33H,11,15,24-26H2,1-7H3. The number of benzene rings is 3. The maximum Gasteiger partial charge on any atom is 0.312 e. The number of carbonyl (C=O) groups excluding carboxylic acids is 1. The van der Waals surface area contributed by atoms with E-state index in [0.29, 0.717) is 13.2 Å². The number of methoxy groups -OCH3 is 1. The molecule has 0 aliphatic heterocycles. The maximum absolute atomic E-state index is 13.5. The Morgan fingerprint density at radius 2 is 1.57 bits per heavy atom. The number of rotatable bonds is 12. The average Bonchev–Trinajstić information content (AvgIpc) is 2.93. The number of carbonyl (C=O) groups is 1. The Morgan fingerprint density at radius 3 is 2.23 bits per heavy atom. The zero-order valence-corrected chi connectivity index (χ0v) is 25.9. The third-order valence-electron chi connectivity index (χ3n) is 7.01. The van der Waals surface area contributed by atoms with Gasteiger partial charge in [0.2, 0.25) is 0 Å². The highest BCUT2D eigenvalue weighted by Gasteiger charge is 2.39. The Morgan fingerprint density at radius 1 is 0.900 bits per heavy atom. The summed E-state index contributed by atoms with van der Waals surface area (Å²) in [6.07, 6.45) is 8.08. The normalized spacial score (nSPS) is 12.7. The van der Waals surface area contributed by atoms with Crippen LogP contribution < -0.4 is 4.74 Å². The van der Waals surface area contributed by atoms with Crippen LogP contribution in [0.1, 0.15) is 60.4 Å². The van der Waals surface area contributed by atoms with Gasteiger partial charge in [0.1, 0.15) is 12.4 Å². The Kier molecular flexibility index (Phi) is 11.3. The van der Waals surface area contributed by atoms with Crippen LogP contribution in [-0.2, 0) is 34.1 Å². The first-order chi connectivity index (χ1) is 19.0. The molecule has 4 nitrogen and oxygen atoms in total. The highest BCUT2D eigenvalue weighted by atomic mass is 32.3. The second-order valence-electron chi connectivity index (χ2n) is 11.5. The molecule has 1 unspecified atom stereocenters. The highest BCUT2D eigenvalue weighted by molar-refractivity contribution is 8.35. The van der Waals surface area contributed by atoms with Gasteiger partial charge in [-0.1, -0.05) is 71.8 Å². The van der Waals surface area contributed by atoms with Gasteiger partial charge in [-0.2, -0.15) is 10.0 Å². The molecule has 3 aromatic rings. The SMILES string of the molecule is COc1ccc(COCc2cc(C(CCC#CS(C)(C)C)C(C)(C)C(=O)OCc3ccccc3)ccc2C)cc1. The predicted molar refractivity (Wildman–Crippen MR) is 168 cm³/mol. The molecule has 0 spiro atoms. The summed E-state index contributed by atoms with van der Waals surface area (Å²) < 4.78 is 17.2. The molecule has 3 aromatic carbocycles. The molecule has 5 heteroatoms. The number of hydrogen-bond donors (Lipinski definition) is 0. The van der Waals surface area contributed by atoms with Gasteiger partial charge in [0.25, 0.3) is 0 Å². The molecule has 0 aliphatic carbocycles. The van der Waals surface area contributed by atoms with E-state index in [1.807, 2.05) is 68.4 Å². The molecule has 0 radical (unpaired) electrons. The third kappa shape index (κ3) is 9.47. The Bertz CT molecular complexity index is 1300. The quantitative estimate of drug-likeness (QED) is 0.166. The van der Waals surface area contributed by atoms with Gasteiger partial charge in [-0.25, -0.2) is 0 Å². The van der Waals surface area contributed by atoms with Crippen LogP contribution in [-0.4, -0.2) is 31.8 Å². The van der Waals surface area contributed by atoms with E-state index >= 15 is 0 Å². The van der Waals surface area contributed by atoms with Crippen LogP contribution in [0.4, 0.5) is 0 Å². The van der Waals surface area contributed by atoms with E-state index in [2.05, 4.69) is 55.1 Å². The fourth-order valence-corrected chi connectivity index (χ4v) is 5.08. The molecule has 0 fully saturated rings. The summed E-state index contributed by atoms with van der Waals surface area (Å²) in [4.78, 5) is 13.5. The number of ether oxygens (including phenoxy) is 3. The maximum atomic E-state index is 13.5. The summed E-state index contributed by atoms with van der Waals surface area (Å²) in [5.41, 5.74) is 4.73. The van der Waals surface area contributed by atoms with Gasteiger partial charge in [-0.3, -0.25) is 4.79 Å². The van der Waals surface area contributed by atoms with Crippen molar-refractivity contribution >= 4 is 16.0 Å². The Balaban J connectivity index is 1.79. The number of aryl methyl sites for hydroxylation is 1. The summed E-state index contributed by atoms with van der Waals surface area (Å²) >= 11 is 0. The van der Waals surface area contributed by atoms with Crippen molar-refractivity contribution in [3.05, 3.63) is 101 Å². The van der Waals surface area contributed by atoms with Gasteiger partial charge in [0.15, 0.2) is 0 Å². The molecule has 40 heavy (non-hydrogen) atoms. The lowest BCUT2D eigenvalue weighted by molar-refractivity contribution is -0.156. The van der Waals surface area contributed by atoms with Crippen molar-refractivity contribution in [3.63, 3.8) is 0 Å². The first-order valence-corrected chi connectivity index (χ1v) is 16.5. The summed E-state index contributed by atoms with van der Waals surface area (Å²) in [6.45, 7) is 7.35. The zero-order chi connectivity index (χ0) is 29.2. The van der Waals surface area contributed by atoms with Crippen molar-refractivity contribution in [1.82, 2.24) is 0 Å². The van der Waals surface area contributed by atoms with Gasteiger partial charge >= 0.3 is 5.97 Å². The van der Waals surface area contributed by atoms with E-state index in [0.717, 1.165) is 46.4 Å². The lowest BCUT2D eigenvalue weighted by Gasteiger charge is -2.33. The molecule has 0 aliphatic rings. The molecular formula is C35H44O4S. The number of esters is 1. The molecule has 0 saturated heterocycles. The summed E-state index contributed by atoms with van der Waals surface area (Å²) in [6, 6.07) is 24.2. The summed E-state index contributed by atoms with van der Waals surface area (Å²) in [5, 5.41) is 3.42. The molecule has 214 valence electrons. The van der Waals surface area contributed by atoms with Crippen molar-refractivity contribution in [1.29, 1.82) is 0 Å². The van der Waals surface area contributed by atoms with Gasteiger partial charge in [0, 0.05) is 12.3 Å². The topological polar surface area (TPSA) is 44.8 Å². The summed E-state index contributed by atoms with van der Waals surface area (Å²) in [5.74, 6) is 3.96. The zero-order valence-electron chi connectivity index (χ0n) is 25.1. The first kappa shape index (κ1) is 31.3. The molecule has 0 amide bonds. The van der Waals surface area contributed by atoms with E-state index < -0.39 is 15.4 Å². The third-order valence-corrected chi connectivity index (χ3v) is 7.76. The largest absolute Gasteiger partial charge is 0.497 e. The smallest absolute Gasteiger partial charge is 0.312 e. The lowest BCUT2D eigenvalue weighted by Crippen LogP contribution is -2.33. The lowest BCUT2D eigenvalue weighted by atomic mass is 9.72. The van der Waals surface area contributed by atoms with Gasteiger partial charge in [-0.05, 0) is 85.9 Å². The second-order valence-corrected chi connectivity index (χ2v) is 15.4. The monoisotopic (exact) mass is 560 g/mol. The Labute approximate surface area is 242 Å². The van der Waals surface area contributed by atoms with E-state index in [1.165, 1.54) is 0 Å². The minimum absolute atomic E-state index is 0.0546. The molecule has 0 heterocycles. The van der Waals surface area contributed by atoms with Gasteiger partial charge < -0.3 is 14.2 Å². The molecule has 3 rings (SSSR count). The molecule has 0 aromatic heterocycles. The molecule has 0 N–H and O–H groups in total. The first-order valence-electron chi connectivity index (χ1n) is 13.7. The van der Waals surface area contributed by atoms with Gasteiger partial charge in [0.05, 0.1) is 25.7 Å². The molecule has 0 saturated carbocycles. The van der Waals surface area contributed by atoms with Crippen LogP contribution in [0.15, 0.2) is 72.8 Å². The van der Waals surface area contributed by atoms with Crippen LogP contribution in [0.2, 0.25) is 0 Å². The fourth-order valence-electron chi connectivity index (χ4n) is 4.54. The van der Waals surface area contributed by atoms with E-state index in [4.69, 9.17) is 14.2 Å². The van der Waals surface area contributed by atoms with Crippen LogP contribution in [0, 0.1) is 23.5 Å². The molecular weight excluding hydrogens is 516 g/mol.